The zero-order valence-corrected chi connectivity index (χ0v) is 14.4. The number of unbranched alkanes of at least 4 members (excludes halogenated alkanes) is 1. The van der Waals surface area contributed by atoms with E-state index in [4.69, 9.17) is 9.47 Å². The zero-order chi connectivity index (χ0) is 17.2. The molecule has 0 bridgehead atoms. The fourth-order valence-corrected chi connectivity index (χ4v) is 2.00. The summed E-state index contributed by atoms with van der Waals surface area (Å²) in [5.41, 5.74) is 0.925. The molecule has 0 aromatic heterocycles. The van der Waals surface area contributed by atoms with Crippen molar-refractivity contribution in [1.29, 1.82) is 5.26 Å². The van der Waals surface area contributed by atoms with Crippen LogP contribution in [0, 0.1) is 17.2 Å². The molecule has 1 aromatic carbocycles. The van der Waals surface area contributed by atoms with Gasteiger partial charge in [0.1, 0.15) is 6.07 Å². The predicted octanol–water partition coefficient (Wildman–Crippen LogP) is 4.40. The fourth-order valence-electron chi connectivity index (χ4n) is 2.00. The minimum Gasteiger partial charge on any atom is -0.493 e. The Hall–Kier alpha value is -2.28. The van der Waals surface area contributed by atoms with E-state index in [1.165, 1.54) is 0 Å². The van der Waals surface area contributed by atoms with E-state index in [0.29, 0.717) is 24.5 Å². The first-order valence-electron chi connectivity index (χ1n) is 8.04. The van der Waals surface area contributed by atoms with Gasteiger partial charge in [0.2, 0.25) is 0 Å². The first-order chi connectivity index (χ1) is 11.1. The average molecular weight is 315 g/mol. The number of carbonyl (C=O) groups is 1. The SMILES string of the molecule is CCCCOc1cc(/C=C(\C#N)C(=O)[C@@H](C)CC)ccc1OC. The Kier molecular flexibility index (Phi) is 7.90. The van der Waals surface area contributed by atoms with Crippen LogP contribution < -0.4 is 9.47 Å². The molecule has 0 aliphatic carbocycles. The van der Waals surface area contributed by atoms with E-state index >= 15 is 0 Å². The van der Waals surface area contributed by atoms with Crippen LogP contribution in [0.1, 0.15) is 45.6 Å². The number of ether oxygens (including phenoxy) is 2. The lowest BCUT2D eigenvalue weighted by molar-refractivity contribution is -0.118. The van der Waals surface area contributed by atoms with Crippen molar-refractivity contribution >= 4 is 11.9 Å². The maximum atomic E-state index is 12.2. The molecule has 0 aliphatic rings. The molecular formula is C19H25NO3. The molecular weight excluding hydrogens is 290 g/mol. The third-order valence-electron chi connectivity index (χ3n) is 3.70. The molecule has 1 atom stereocenters. The van der Waals surface area contributed by atoms with Crippen molar-refractivity contribution in [3.8, 4) is 17.6 Å². The summed E-state index contributed by atoms with van der Waals surface area (Å²) in [5.74, 6) is 0.992. The second-order valence-corrected chi connectivity index (χ2v) is 5.46. The van der Waals surface area contributed by atoms with Crippen LogP contribution in [0.2, 0.25) is 0 Å². The van der Waals surface area contributed by atoms with E-state index < -0.39 is 0 Å². The van der Waals surface area contributed by atoms with Crippen LogP contribution >= 0.6 is 0 Å². The highest BCUT2D eigenvalue weighted by Crippen LogP contribution is 2.29. The summed E-state index contributed by atoms with van der Waals surface area (Å²) in [4.78, 5) is 12.2. The summed E-state index contributed by atoms with van der Waals surface area (Å²) < 4.78 is 11.0. The van der Waals surface area contributed by atoms with Crippen molar-refractivity contribution in [3.05, 3.63) is 29.3 Å². The second-order valence-electron chi connectivity index (χ2n) is 5.46. The molecule has 0 aliphatic heterocycles. The molecule has 0 fully saturated rings. The third-order valence-corrected chi connectivity index (χ3v) is 3.70. The van der Waals surface area contributed by atoms with E-state index in [2.05, 4.69) is 6.92 Å². The molecule has 124 valence electrons. The van der Waals surface area contributed by atoms with Gasteiger partial charge < -0.3 is 9.47 Å². The minimum atomic E-state index is -0.153. The van der Waals surface area contributed by atoms with Gasteiger partial charge in [-0.05, 0) is 36.6 Å². The molecule has 1 aromatic rings. The van der Waals surface area contributed by atoms with Gasteiger partial charge in [-0.1, -0.05) is 33.3 Å². The Morgan fingerprint density at radius 3 is 2.65 bits per heavy atom. The molecule has 0 saturated carbocycles. The topological polar surface area (TPSA) is 59.3 Å². The van der Waals surface area contributed by atoms with Gasteiger partial charge in [-0.15, -0.1) is 0 Å². The van der Waals surface area contributed by atoms with Crippen molar-refractivity contribution in [1.82, 2.24) is 0 Å². The molecule has 0 amide bonds. The molecule has 1 rings (SSSR count). The number of allylic oxidation sites excluding steroid dienone is 1. The highest BCUT2D eigenvalue weighted by atomic mass is 16.5. The lowest BCUT2D eigenvalue weighted by Gasteiger charge is -2.11. The van der Waals surface area contributed by atoms with E-state index in [-0.39, 0.29) is 17.3 Å². The van der Waals surface area contributed by atoms with Gasteiger partial charge in [0.15, 0.2) is 17.3 Å². The first kappa shape index (κ1) is 18.8. The third kappa shape index (κ3) is 5.45. The quantitative estimate of drug-likeness (QED) is 0.385. The molecule has 0 spiro atoms. The van der Waals surface area contributed by atoms with Crippen LogP contribution in [0.15, 0.2) is 23.8 Å². The van der Waals surface area contributed by atoms with Gasteiger partial charge >= 0.3 is 0 Å². The monoisotopic (exact) mass is 315 g/mol. The van der Waals surface area contributed by atoms with Crippen LogP contribution in [0.25, 0.3) is 6.08 Å². The Morgan fingerprint density at radius 2 is 2.09 bits per heavy atom. The largest absolute Gasteiger partial charge is 0.493 e. The molecule has 0 unspecified atom stereocenters. The number of hydrogen-bond donors (Lipinski definition) is 0. The van der Waals surface area contributed by atoms with Gasteiger partial charge in [-0.3, -0.25) is 4.79 Å². The fraction of sp³-hybridized carbons (Fsp3) is 0.474. The number of hydrogen-bond acceptors (Lipinski definition) is 4. The number of ketones is 1. The Labute approximate surface area is 138 Å². The number of methoxy groups -OCH3 is 1. The summed E-state index contributed by atoms with van der Waals surface area (Å²) >= 11 is 0. The van der Waals surface area contributed by atoms with Gasteiger partial charge in [-0.2, -0.15) is 5.26 Å². The van der Waals surface area contributed by atoms with Crippen molar-refractivity contribution in [2.75, 3.05) is 13.7 Å². The Bertz CT molecular complexity index is 599. The molecule has 0 saturated heterocycles. The first-order valence-corrected chi connectivity index (χ1v) is 8.04. The maximum Gasteiger partial charge on any atom is 0.176 e. The molecule has 0 N–H and O–H groups in total. The van der Waals surface area contributed by atoms with Crippen LogP contribution in [0.4, 0.5) is 0 Å². The second kappa shape index (κ2) is 9.68. The molecule has 0 heterocycles. The summed E-state index contributed by atoms with van der Waals surface area (Å²) in [6.07, 6.45) is 4.33. The van der Waals surface area contributed by atoms with Gasteiger partial charge in [0, 0.05) is 5.92 Å². The van der Waals surface area contributed by atoms with Crippen molar-refractivity contribution < 1.29 is 14.3 Å². The molecule has 0 radical (unpaired) electrons. The summed E-state index contributed by atoms with van der Waals surface area (Å²) in [6.45, 7) is 6.47. The lowest BCUT2D eigenvalue weighted by Crippen LogP contribution is -2.11. The highest BCUT2D eigenvalue weighted by molar-refractivity contribution is 6.04. The number of benzene rings is 1. The van der Waals surface area contributed by atoms with Crippen molar-refractivity contribution in [3.63, 3.8) is 0 Å². The molecule has 4 heteroatoms. The van der Waals surface area contributed by atoms with Gasteiger partial charge in [-0.25, -0.2) is 0 Å². The lowest BCUT2D eigenvalue weighted by atomic mass is 9.96. The normalized spacial score (nSPS) is 12.4. The number of Topliss-reactive ketones (excluding diaryl/α,β-unsaturated/α-hetero) is 1. The van der Waals surface area contributed by atoms with Crippen LogP contribution in [0.3, 0.4) is 0 Å². The Balaban J connectivity index is 3.07. The van der Waals surface area contributed by atoms with E-state index in [1.807, 2.05) is 26.0 Å². The Morgan fingerprint density at radius 1 is 1.35 bits per heavy atom. The van der Waals surface area contributed by atoms with Crippen molar-refractivity contribution in [2.45, 2.75) is 40.0 Å². The predicted molar refractivity (Wildman–Crippen MR) is 91.4 cm³/mol. The maximum absolute atomic E-state index is 12.2. The number of nitrogens with zero attached hydrogens (tertiary/aromatic N) is 1. The van der Waals surface area contributed by atoms with Crippen LogP contribution in [0.5, 0.6) is 11.5 Å². The van der Waals surface area contributed by atoms with E-state index in [0.717, 1.165) is 18.4 Å². The number of carbonyl (C=O) groups excluding carboxylic acids is 1. The number of rotatable bonds is 9. The van der Waals surface area contributed by atoms with Gasteiger partial charge in [0.25, 0.3) is 0 Å². The summed E-state index contributed by atoms with van der Waals surface area (Å²) in [5, 5.41) is 9.25. The minimum absolute atomic E-state index is 0.126. The van der Waals surface area contributed by atoms with E-state index in [1.54, 1.807) is 25.3 Å². The average Bonchev–Trinajstić information content (AvgIpc) is 2.58. The van der Waals surface area contributed by atoms with Crippen LogP contribution in [-0.4, -0.2) is 19.5 Å². The molecule has 23 heavy (non-hydrogen) atoms. The molecule has 4 nitrogen and oxygen atoms in total. The van der Waals surface area contributed by atoms with Gasteiger partial charge in [0.05, 0.1) is 19.3 Å². The summed E-state index contributed by atoms with van der Waals surface area (Å²) in [7, 11) is 1.59. The number of nitriles is 1. The van der Waals surface area contributed by atoms with E-state index in [9.17, 15) is 10.1 Å². The summed E-state index contributed by atoms with van der Waals surface area (Å²) in [6, 6.07) is 7.41. The standard InChI is InChI=1S/C19H25NO3/c1-5-7-10-23-18-12-15(8-9-17(18)22-4)11-16(13-20)19(21)14(3)6-2/h8-9,11-12,14H,5-7,10H2,1-4H3/b16-11+/t14-/m0/s1. The smallest absolute Gasteiger partial charge is 0.176 e. The zero-order valence-electron chi connectivity index (χ0n) is 14.4. The van der Waals surface area contributed by atoms with Crippen LogP contribution in [-0.2, 0) is 4.79 Å². The van der Waals surface area contributed by atoms with Crippen molar-refractivity contribution in [2.24, 2.45) is 5.92 Å². The highest BCUT2D eigenvalue weighted by Gasteiger charge is 2.16.